The van der Waals surface area contributed by atoms with Crippen LogP contribution in [0.15, 0.2) is 36.4 Å². The fourth-order valence-electron chi connectivity index (χ4n) is 3.87. The molecule has 2 aromatic carbocycles. The Morgan fingerprint density at radius 2 is 1.79 bits per heavy atom. The Labute approximate surface area is 196 Å². The van der Waals surface area contributed by atoms with Crippen LogP contribution in [0.4, 0.5) is 5.69 Å². The smallest absolute Gasteiger partial charge is 0.338 e. The Hall–Kier alpha value is -3.26. The van der Waals surface area contributed by atoms with Gasteiger partial charge in [0, 0.05) is 12.5 Å². The number of rotatable bonds is 6. The molecule has 9 heteroatoms. The number of ether oxygens (including phenoxy) is 3. The van der Waals surface area contributed by atoms with Crippen molar-refractivity contribution < 1.29 is 28.6 Å². The monoisotopic (exact) mass is 472 g/mol. The number of amides is 2. The molecule has 4 rings (SSSR count). The number of hydrogen-bond acceptors (Lipinski definition) is 6. The molecule has 8 nitrogen and oxygen atoms in total. The van der Waals surface area contributed by atoms with Gasteiger partial charge in [0.2, 0.25) is 0 Å². The average molecular weight is 473 g/mol. The third kappa shape index (κ3) is 5.76. The molecular weight excluding hydrogens is 448 g/mol. The number of hydrogen-bond donors (Lipinski definition) is 2. The average Bonchev–Trinajstić information content (AvgIpc) is 3.19. The maximum atomic E-state index is 12.6. The van der Waals surface area contributed by atoms with Gasteiger partial charge in [-0.25, -0.2) is 4.79 Å². The van der Waals surface area contributed by atoms with Crippen LogP contribution in [-0.4, -0.2) is 43.6 Å². The van der Waals surface area contributed by atoms with Crippen LogP contribution >= 0.6 is 11.6 Å². The molecule has 1 aliphatic carbocycles. The van der Waals surface area contributed by atoms with Gasteiger partial charge >= 0.3 is 5.97 Å². The van der Waals surface area contributed by atoms with Crippen LogP contribution in [-0.2, 0) is 9.53 Å². The lowest BCUT2D eigenvalue weighted by Gasteiger charge is -2.15. The van der Waals surface area contributed by atoms with Crippen molar-refractivity contribution >= 4 is 35.1 Å². The summed E-state index contributed by atoms with van der Waals surface area (Å²) >= 11 is 6.21. The van der Waals surface area contributed by atoms with E-state index in [1.54, 1.807) is 24.3 Å². The van der Waals surface area contributed by atoms with E-state index < -0.39 is 18.5 Å². The summed E-state index contributed by atoms with van der Waals surface area (Å²) in [7, 11) is 0. The molecule has 1 aliphatic heterocycles. The van der Waals surface area contributed by atoms with Crippen molar-refractivity contribution in [3.63, 3.8) is 0 Å². The van der Waals surface area contributed by atoms with E-state index in [1.807, 2.05) is 0 Å². The van der Waals surface area contributed by atoms with Gasteiger partial charge in [0.25, 0.3) is 11.8 Å². The third-order valence-electron chi connectivity index (χ3n) is 5.51. The van der Waals surface area contributed by atoms with Crippen LogP contribution in [0.1, 0.15) is 52.8 Å². The summed E-state index contributed by atoms with van der Waals surface area (Å²) in [6, 6.07) is 9.77. The molecule has 0 unspecified atom stereocenters. The number of nitrogens with one attached hydrogen (secondary N) is 2. The molecule has 0 bridgehead atoms. The van der Waals surface area contributed by atoms with Crippen molar-refractivity contribution in [1.82, 2.24) is 5.32 Å². The van der Waals surface area contributed by atoms with Crippen LogP contribution in [0.25, 0.3) is 0 Å². The second-order valence-electron chi connectivity index (χ2n) is 7.96. The first-order valence-electron chi connectivity index (χ1n) is 11.0. The Morgan fingerprint density at radius 1 is 1.03 bits per heavy atom. The summed E-state index contributed by atoms with van der Waals surface area (Å²) in [5, 5.41) is 5.88. The molecule has 33 heavy (non-hydrogen) atoms. The number of anilines is 1. The zero-order valence-corrected chi connectivity index (χ0v) is 18.8. The summed E-state index contributed by atoms with van der Waals surface area (Å²) in [5.41, 5.74) is 0.861. The molecular formula is C24H25ClN2O6. The highest BCUT2D eigenvalue weighted by atomic mass is 35.5. The molecule has 0 aromatic heterocycles. The number of fused-ring (bicyclic) bond motifs is 1. The van der Waals surface area contributed by atoms with Crippen molar-refractivity contribution in [1.29, 1.82) is 0 Å². The minimum Gasteiger partial charge on any atom is -0.489 e. The first kappa shape index (κ1) is 22.9. The fourth-order valence-corrected chi connectivity index (χ4v) is 4.14. The van der Waals surface area contributed by atoms with Gasteiger partial charge in [0.15, 0.2) is 18.1 Å². The number of esters is 1. The van der Waals surface area contributed by atoms with Crippen LogP contribution in [0.5, 0.6) is 11.5 Å². The van der Waals surface area contributed by atoms with Crippen molar-refractivity contribution in [2.75, 3.05) is 25.1 Å². The lowest BCUT2D eigenvalue weighted by molar-refractivity contribution is -0.119. The maximum Gasteiger partial charge on any atom is 0.338 e. The number of carbonyl (C=O) groups is 3. The van der Waals surface area contributed by atoms with Gasteiger partial charge in [-0.05, 0) is 37.1 Å². The lowest BCUT2D eigenvalue weighted by atomic mass is 10.1. The second-order valence-corrected chi connectivity index (χ2v) is 8.37. The van der Waals surface area contributed by atoms with Gasteiger partial charge in [0.1, 0.15) is 0 Å². The number of para-hydroxylation sites is 1. The van der Waals surface area contributed by atoms with E-state index in [0.29, 0.717) is 42.4 Å². The van der Waals surface area contributed by atoms with Gasteiger partial charge in [-0.3, -0.25) is 9.59 Å². The molecule has 0 spiro atoms. The van der Waals surface area contributed by atoms with E-state index in [2.05, 4.69) is 10.6 Å². The Bertz CT molecular complexity index is 1050. The zero-order chi connectivity index (χ0) is 23.2. The Morgan fingerprint density at radius 3 is 2.61 bits per heavy atom. The molecule has 1 fully saturated rings. The largest absolute Gasteiger partial charge is 0.489 e. The molecule has 1 saturated carbocycles. The summed E-state index contributed by atoms with van der Waals surface area (Å²) in [5.74, 6) is -0.786. The van der Waals surface area contributed by atoms with E-state index >= 15 is 0 Å². The minimum atomic E-state index is -0.727. The molecule has 174 valence electrons. The Balaban J connectivity index is 1.36. The summed E-state index contributed by atoms with van der Waals surface area (Å²) in [6.45, 7) is 0.387. The van der Waals surface area contributed by atoms with Crippen molar-refractivity contribution in [3.8, 4) is 11.5 Å². The summed E-state index contributed by atoms with van der Waals surface area (Å²) < 4.78 is 16.3. The quantitative estimate of drug-likeness (QED) is 0.617. The van der Waals surface area contributed by atoms with E-state index in [9.17, 15) is 14.4 Å². The minimum absolute atomic E-state index is 0.147. The van der Waals surface area contributed by atoms with E-state index in [1.165, 1.54) is 12.1 Å². The highest BCUT2D eigenvalue weighted by Crippen LogP contribution is 2.38. The molecule has 0 saturated heterocycles. The molecule has 0 radical (unpaired) electrons. The van der Waals surface area contributed by atoms with Gasteiger partial charge in [0.05, 0.1) is 35.1 Å². The first-order valence-corrected chi connectivity index (χ1v) is 11.3. The molecule has 2 amide bonds. The Kier molecular flexibility index (Phi) is 7.34. The highest BCUT2D eigenvalue weighted by Gasteiger charge is 2.22. The number of benzene rings is 2. The summed E-state index contributed by atoms with van der Waals surface area (Å²) in [4.78, 5) is 37.5. The standard InChI is InChI=1S/C24H25ClN2O6/c25-18-12-15(13-20-22(18)32-11-5-10-31-20)24(30)33-14-21(28)27-19-9-4-3-8-17(19)23(29)26-16-6-1-2-7-16/h3-4,8-9,12-13,16H,1-2,5-7,10-11,14H2,(H,26,29)(H,27,28). The molecule has 0 atom stereocenters. The number of halogens is 1. The van der Waals surface area contributed by atoms with E-state index in [-0.39, 0.29) is 22.5 Å². The van der Waals surface area contributed by atoms with Crippen molar-refractivity contribution in [2.24, 2.45) is 0 Å². The van der Waals surface area contributed by atoms with Gasteiger partial charge in [-0.2, -0.15) is 0 Å². The fraction of sp³-hybridized carbons (Fsp3) is 0.375. The highest BCUT2D eigenvalue weighted by molar-refractivity contribution is 6.32. The van der Waals surface area contributed by atoms with Crippen LogP contribution < -0.4 is 20.1 Å². The third-order valence-corrected chi connectivity index (χ3v) is 5.79. The second kappa shape index (κ2) is 10.6. The molecule has 2 aliphatic rings. The SMILES string of the molecule is O=C(COC(=O)c1cc(Cl)c2c(c1)OCCCO2)Nc1ccccc1C(=O)NC1CCCC1. The topological polar surface area (TPSA) is 103 Å². The van der Waals surface area contributed by atoms with Crippen LogP contribution in [0.3, 0.4) is 0 Å². The molecule has 1 heterocycles. The van der Waals surface area contributed by atoms with Crippen molar-refractivity contribution in [3.05, 3.63) is 52.5 Å². The van der Waals surface area contributed by atoms with E-state index in [4.69, 9.17) is 25.8 Å². The zero-order valence-electron chi connectivity index (χ0n) is 18.0. The van der Waals surface area contributed by atoms with Crippen molar-refractivity contribution in [2.45, 2.75) is 38.1 Å². The predicted molar refractivity (Wildman–Crippen MR) is 122 cm³/mol. The van der Waals surface area contributed by atoms with E-state index in [0.717, 1.165) is 25.7 Å². The summed E-state index contributed by atoms with van der Waals surface area (Å²) in [6.07, 6.45) is 4.82. The van der Waals surface area contributed by atoms with Gasteiger partial charge in [-0.1, -0.05) is 36.6 Å². The molecule has 2 N–H and O–H groups in total. The van der Waals surface area contributed by atoms with Crippen LogP contribution in [0.2, 0.25) is 5.02 Å². The van der Waals surface area contributed by atoms with Gasteiger partial charge in [-0.15, -0.1) is 0 Å². The maximum absolute atomic E-state index is 12.6. The van der Waals surface area contributed by atoms with Crippen LogP contribution in [0, 0.1) is 0 Å². The molecule has 2 aromatic rings. The first-order chi connectivity index (χ1) is 16.0. The van der Waals surface area contributed by atoms with Gasteiger partial charge < -0.3 is 24.8 Å². The predicted octanol–water partition coefficient (Wildman–Crippen LogP) is 3.97. The number of carbonyl (C=O) groups excluding carboxylic acids is 3. The normalized spacial score (nSPS) is 15.4. The lowest BCUT2D eigenvalue weighted by Crippen LogP contribution is -2.33.